The maximum atomic E-state index is 11.8. The van der Waals surface area contributed by atoms with Crippen molar-refractivity contribution in [3.05, 3.63) is 57.6 Å². The number of rotatable bonds is 3. The van der Waals surface area contributed by atoms with Crippen LogP contribution in [0.15, 0.2) is 46.4 Å². The van der Waals surface area contributed by atoms with Gasteiger partial charge in [-0.15, -0.1) is 0 Å². The number of H-pyrrole nitrogens is 1. The summed E-state index contributed by atoms with van der Waals surface area (Å²) >= 11 is 0. The van der Waals surface area contributed by atoms with Gasteiger partial charge in [-0.3, -0.25) is 14.3 Å². The fourth-order valence-corrected chi connectivity index (χ4v) is 2.55. The standard InChI is InChI=1S/C15H14N4O2/c20-14-5-6-19(15(21)17-14)11-3-4-13-12(7-11)16-9-18(13)8-10-1-2-10/h3-7,9-10H,1-2,8H2,(H,17,20,21). The highest BCUT2D eigenvalue weighted by atomic mass is 16.2. The summed E-state index contributed by atoms with van der Waals surface area (Å²) in [5.41, 5.74) is 1.78. The number of aromatic nitrogens is 4. The fraction of sp³-hybridized carbons (Fsp3) is 0.267. The second-order valence-corrected chi connectivity index (χ2v) is 5.49. The van der Waals surface area contributed by atoms with Gasteiger partial charge in [-0.1, -0.05) is 0 Å². The Bertz CT molecular complexity index is 930. The Hall–Kier alpha value is -2.63. The minimum Gasteiger partial charge on any atom is -0.330 e. The maximum absolute atomic E-state index is 11.8. The van der Waals surface area contributed by atoms with E-state index in [2.05, 4.69) is 14.5 Å². The number of aromatic amines is 1. The summed E-state index contributed by atoms with van der Waals surface area (Å²) < 4.78 is 3.56. The first-order chi connectivity index (χ1) is 10.2. The zero-order chi connectivity index (χ0) is 14.4. The largest absolute Gasteiger partial charge is 0.332 e. The van der Waals surface area contributed by atoms with E-state index < -0.39 is 11.2 Å². The van der Waals surface area contributed by atoms with Crippen LogP contribution in [0.5, 0.6) is 0 Å². The van der Waals surface area contributed by atoms with Crippen LogP contribution < -0.4 is 11.2 Å². The molecule has 2 aromatic heterocycles. The van der Waals surface area contributed by atoms with Gasteiger partial charge in [0, 0.05) is 18.8 Å². The Morgan fingerprint density at radius 3 is 2.86 bits per heavy atom. The maximum Gasteiger partial charge on any atom is 0.332 e. The van der Waals surface area contributed by atoms with Crippen molar-refractivity contribution in [2.75, 3.05) is 0 Å². The molecule has 1 fully saturated rings. The van der Waals surface area contributed by atoms with Gasteiger partial charge in [0.25, 0.3) is 5.56 Å². The van der Waals surface area contributed by atoms with Gasteiger partial charge in [0.15, 0.2) is 0 Å². The number of benzene rings is 1. The second kappa shape index (κ2) is 4.44. The van der Waals surface area contributed by atoms with Crippen LogP contribution in [0, 0.1) is 5.92 Å². The molecule has 1 saturated carbocycles. The first kappa shape index (κ1) is 12.1. The molecule has 6 nitrogen and oxygen atoms in total. The van der Waals surface area contributed by atoms with Crippen LogP contribution in [0.3, 0.4) is 0 Å². The molecule has 3 aromatic rings. The van der Waals surface area contributed by atoms with Crippen molar-refractivity contribution >= 4 is 11.0 Å². The number of hydrogen-bond donors (Lipinski definition) is 1. The van der Waals surface area contributed by atoms with Crippen molar-refractivity contribution in [1.29, 1.82) is 0 Å². The Labute approximate surface area is 119 Å². The Morgan fingerprint density at radius 1 is 1.24 bits per heavy atom. The molecule has 0 aliphatic heterocycles. The van der Waals surface area contributed by atoms with Crippen molar-refractivity contribution in [2.45, 2.75) is 19.4 Å². The molecule has 106 valence electrons. The zero-order valence-corrected chi connectivity index (χ0v) is 11.3. The van der Waals surface area contributed by atoms with E-state index in [9.17, 15) is 9.59 Å². The number of nitrogens with one attached hydrogen (secondary N) is 1. The average molecular weight is 282 g/mol. The van der Waals surface area contributed by atoms with Gasteiger partial charge in [0.2, 0.25) is 0 Å². The molecule has 0 radical (unpaired) electrons. The van der Waals surface area contributed by atoms with Crippen LogP contribution in [0.4, 0.5) is 0 Å². The highest BCUT2D eigenvalue weighted by molar-refractivity contribution is 5.77. The van der Waals surface area contributed by atoms with E-state index in [1.165, 1.54) is 29.7 Å². The van der Waals surface area contributed by atoms with E-state index >= 15 is 0 Å². The second-order valence-electron chi connectivity index (χ2n) is 5.49. The van der Waals surface area contributed by atoms with Gasteiger partial charge < -0.3 is 4.57 Å². The van der Waals surface area contributed by atoms with Crippen molar-refractivity contribution in [1.82, 2.24) is 19.1 Å². The zero-order valence-electron chi connectivity index (χ0n) is 11.3. The lowest BCUT2D eigenvalue weighted by molar-refractivity contribution is 0.642. The van der Waals surface area contributed by atoms with Gasteiger partial charge in [-0.05, 0) is 37.0 Å². The summed E-state index contributed by atoms with van der Waals surface area (Å²) in [6.45, 7) is 1.01. The van der Waals surface area contributed by atoms with Crippen LogP contribution in [-0.2, 0) is 6.54 Å². The summed E-state index contributed by atoms with van der Waals surface area (Å²) in [7, 11) is 0. The summed E-state index contributed by atoms with van der Waals surface area (Å²) in [5, 5.41) is 0. The molecule has 21 heavy (non-hydrogen) atoms. The highest BCUT2D eigenvalue weighted by Gasteiger charge is 2.22. The van der Waals surface area contributed by atoms with Crippen molar-refractivity contribution in [3.63, 3.8) is 0 Å². The van der Waals surface area contributed by atoms with E-state index in [4.69, 9.17) is 0 Å². The first-order valence-electron chi connectivity index (χ1n) is 6.98. The van der Waals surface area contributed by atoms with Crippen LogP contribution in [-0.4, -0.2) is 19.1 Å². The van der Waals surface area contributed by atoms with E-state index in [0.717, 1.165) is 23.5 Å². The molecule has 0 bridgehead atoms. The van der Waals surface area contributed by atoms with Crippen molar-refractivity contribution < 1.29 is 0 Å². The Kier molecular flexibility index (Phi) is 2.57. The first-order valence-corrected chi connectivity index (χ1v) is 6.98. The topological polar surface area (TPSA) is 72.7 Å². The van der Waals surface area contributed by atoms with Gasteiger partial charge in [-0.25, -0.2) is 9.78 Å². The minimum absolute atomic E-state index is 0.397. The molecule has 1 N–H and O–H groups in total. The van der Waals surface area contributed by atoms with Crippen molar-refractivity contribution in [3.8, 4) is 5.69 Å². The van der Waals surface area contributed by atoms with Gasteiger partial charge in [0.05, 0.1) is 23.0 Å². The molecular weight excluding hydrogens is 268 g/mol. The number of fused-ring (bicyclic) bond motifs is 1. The molecular formula is C15H14N4O2. The number of nitrogens with zero attached hydrogens (tertiary/aromatic N) is 3. The minimum atomic E-state index is -0.445. The lowest BCUT2D eigenvalue weighted by atomic mass is 10.2. The van der Waals surface area contributed by atoms with Crippen molar-refractivity contribution in [2.24, 2.45) is 5.92 Å². The molecule has 0 atom stereocenters. The number of hydrogen-bond acceptors (Lipinski definition) is 3. The predicted molar refractivity (Wildman–Crippen MR) is 78.7 cm³/mol. The summed E-state index contributed by atoms with van der Waals surface area (Å²) in [5.74, 6) is 0.781. The van der Waals surface area contributed by atoms with E-state index in [1.807, 2.05) is 24.5 Å². The molecule has 0 spiro atoms. The highest BCUT2D eigenvalue weighted by Crippen LogP contribution is 2.31. The quantitative estimate of drug-likeness (QED) is 0.786. The smallest absolute Gasteiger partial charge is 0.330 e. The number of imidazole rings is 1. The molecule has 1 aromatic carbocycles. The normalized spacial score (nSPS) is 14.7. The molecule has 1 aliphatic carbocycles. The molecule has 1 aliphatic rings. The van der Waals surface area contributed by atoms with Crippen LogP contribution in [0.25, 0.3) is 16.7 Å². The monoisotopic (exact) mass is 282 g/mol. The summed E-state index contributed by atoms with van der Waals surface area (Å²) in [6.07, 6.45) is 5.92. The third-order valence-electron chi connectivity index (χ3n) is 3.86. The van der Waals surface area contributed by atoms with E-state index in [1.54, 1.807) is 0 Å². The SMILES string of the molecule is O=c1ccn(-c2ccc3c(c2)ncn3CC2CC2)c(=O)[nH]1. The predicted octanol–water partition coefficient (Wildman–Crippen LogP) is 1.29. The van der Waals surface area contributed by atoms with Crippen LogP contribution in [0.1, 0.15) is 12.8 Å². The molecule has 4 rings (SSSR count). The average Bonchev–Trinajstić information content (AvgIpc) is 3.19. The van der Waals surface area contributed by atoms with E-state index in [-0.39, 0.29) is 0 Å². The summed E-state index contributed by atoms with van der Waals surface area (Å²) in [6, 6.07) is 7.03. The van der Waals surface area contributed by atoms with E-state index in [0.29, 0.717) is 5.69 Å². The lowest BCUT2D eigenvalue weighted by Crippen LogP contribution is -2.27. The third-order valence-corrected chi connectivity index (χ3v) is 3.86. The van der Waals surface area contributed by atoms with Gasteiger partial charge >= 0.3 is 5.69 Å². The Morgan fingerprint density at radius 2 is 2.10 bits per heavy atom. The molecule has 0 amide bonds. The Balaban J connectivity index is 1.80. The molecule has 2 heterocycles. The van der Waals surface area contributed by atoms with Gasteiger partial charge in [0.1, 0.15) is 0 Å². The van der Waals surface area contributed by atoms with Gasteiger partial charge in [-0.2, -0.15) is 0 Å². The fourth-order valence-electron chi connectivity index (χ4n) is 2.55. The summed E-state index contributed by atoms with van der Waals surface area (Å²) in [4.78, 5) is 29.6. The van der Waals surface area contributed by atoms with Crippen LogP contribution >= 0.6 is 0 Å². The van der Waals surface area contributed by atoms with Crippen LogP contribution in [0.2, 0.25) is 0 Å². The molecule has 0 unspecified atom stereocenters. The third kappa shape index (κ3) is 2.18. The lowest BCUT2D eigenvalue weighted by Gasteiger charge is -2.06. The molecule has 0 saturated heterocycles. The molecule has 6 heteroatoms.